The fraction of sp³-hybridized carbons (Fsp3) is 0.286. The summed E-state index contributed by atoms with van der Waals surface area (Å²) >= 11 is 11.9. The largest absolute Gasteiger partial charge is 0.289 e. The number of ketones is 1. The van der Waals surface area contributed by atoms with Gasteiger partial charge in [0.15, 0.2) is 5.78 Å². The van der Waals surface area contributed by atoms with Gasteiger partial charge in [-0.25, -0.2) is 0 Å². The number of carbonyl (C=O) groups excluding carboxylic acids is 1. The van der Waals surface area contributed by atoms with Crippen LogP contribution in [0.15, 0.2) is 48.5 Å². The van der Waals surface area contributed by atoms with Crippen molar-refractivity contribution >= 4 is 35.1 Å². The summed E-state index contributed by atoms with van der Waals surface area (Å²) in [5.41, 5.74) is 2.88. The molecule has 1 fully saturated rings. The Bertz CT molecular complexity index is 721. The lowest BCUT2D eigenvalue weighted by molar-refractivity contribution is 0.104. The van der Waals surface area contributed by atoms with Crippen molar-refractivity contribution in [1.29, 1.82) is 0 Å². The molecule has 3 heteroatoms. The van der Waals surface area contributed by atoms with E-state index < -0.39 is 0 Å². The molecule has 124 valence electrons. The highest BCUT2D eigenvalue weighted by Crippen LogP contribution is 2.32. The monoisotopic (exact) mass is 358 g/mol. The van der Waals surface area contributed by atoms with Crippen LogP contribution in [0.3, 0.4) is 0 Å². The van der Waals surface area contributed by atoms with E-state index in [1.165, 1.54) is 37.7 Å². The third-order valence-corrected chi connectivity index (χ3v) is 5.02. The highest BCUT2D eigenvalue weighted by atomic mass is 35.5. The van der Waals surface area contributed by atoms with E-state index in [0.29, 0.717) is 21.5 Å². The standard InChI is InChI=1S/C21H20Cl2O/c22-19-12-15(13-20(23)14-19)6-11-21(24)18-9-7-17(8-10-18)16-4-2-1-3-5-16/h6-14,16H,1-5H2/b11-6+. The number of halogens is 2. The van der Waals surface area contributed by atoms with E-state index in [0.717, 1.165) is 5.56 Å². The molecule has 1 aliphatic rings. The first-order valence-corrected chi connectivity index (χ1v) is 9.16. The summed E-state index contributed by atoms with van der Waals surface area (Å²) in [6, 6.07) is 13.3. The fourth-order valence-corrected chi connectivity index (χ4v) is 3.84. The molecule has 0 aliphatic heterocycles. The first-order chi connectivity index (χ1) is 11.6. The smallest absolute Gasteiger partial charge is 0.185 e. The van der Waals surface area contributed by atoms with Crippen molar-refractivity contribution in [1.82, 2.24) is 0 Å². The zero-order valence-electron chi connectivity index (χ0n) is 13.5. The quantitative estimate of drug-likeness (QED) is 0.427. The predicted molar refractivity (Wildman–Crippen MR) is 102 cm³/mol. The van der Waals surface area contributed by atoms with Gasteiger partial charge in [0, 0.05) is 15.6 Å². The fourth-order valence-electron chi connectivity index (χ4n) is 3.30. The van der Waals surface area contributed by atoms with Crippen LogP contribution < -0.4 is 0 Å². The van der Waals surface area contributed by atoms with Crippen LogP contribution in [0.1, 0.15) is 59.5 Å². The molecule has 0 aromatic heterocycles. The molecule has 3 rings (SSSR count). The van der Waals surface area contributed by atoms with Gasteiger partial charge >= 0.3 is 0 Å². The normalized spacial score (nSPS) is 15.8. The van der Waals surface area contributed by atoms with Gasteiger partial charge in [0.05, 0.1) is 0 Å². The molecule has 24 heavy (non-hydrogen) atoms. The molecule has 0 heterocycles. The molecular weight excluding hydrogens is 339 g/mol. The topological polar surface area (TPSA) is 17.1 Å². The summed E-state index contributed by atoms with van der Waals surface area (Å²) in [6.45, 7) is 0. The number of carbonyl (C=O) groups is 1. The molecule has 0 saturated heterocycles. The Hall–Kier alpha value is -1.57. The lowest BCUT2D eigenvalue weighted by atomic mass is 9.84. The van der Waals surface area contributed by atoms with E-state index in [1.54, 1.807) is 30.4 Å². The van der Waals surface area contributed by atoms with Crippen LogP contribution in [0.2, 0.25) is 10.0 Å². The average molecular weight is 359 g/mol. The number of benzene rings is 2. The van der Waals surface area contributed by atoms with Crippen LogP contribution in [-0.4, -0.2) is 5.78 Å². The van der Waals surface area contributed by atoms with Crippen molar-refractivity contribution in [2.24, 2.45) is 0 Å². The molecule has 1 saturated carbocycles. The first-order valence-electron chi connectivity index (χ1n) is 8.40. The van der Waals surface area contributed by atoms with Crippen LogP contribution in [0.4, 0.5) is 0 Å². The molecule has 0 unspecified atom stereocenters. The SMILES string of the molecule is O=C(/C=C/c1cc(Cl)cc(Cl)c1)c1ccc(C2CCCCC2)cc1. The van der Waals surface area contributed by atoms with E-state index in [9.17, 15) is 4.79 Å². The van der Waals surface area contributed by atoms with Crippen LogP contribution in [-0.2, 0) is 0 Å². The number of hydrogen-bond acceptors (Lipinski definition) is 1. The summed E-state index contributed by atoms with van der Waals surface area (Å²) in [5.74, 6) is 0.647. The Morgan fingerprint density at radius 3 is 2.17 bits per heavy atom. The van der Waals surface area contributed by atoms with Gasteiger partial charge in [-0.15, -0.1) is 0 Å². The van der Waals surface area contributed by atoms with Gasteiger partial charge < -0.3 is 0 Å². The minimum absolute atomic E-state index is 0.0127. The van der Waals surface area contributed by atoms with Gasteiger partial charge in [0.2, 0.25) is 0 Å². The molecule has 0 N–H and O–H groups in total. The summed E-state index contributed by atoms with van der Waals surface area (Å²) in [6.07, 6.45) is 9.83. The molecule has 0 bridgehead atoms. The average Bonchev–Trinajstić information content (AvgIpc) is 2.60. The molecule has 2 aromatic carbocycles. The van der Waals surface area contributed by atoms with Crippen LogP contribution in [0.25, 0.3) is 6.08 Å². The number of rotatable bonds is 4. The molecule has 0 spiro atoms. The highest BCUT2D eigenvalue weighted by molar-refractivity contribution is 6.34. The predicted octanol–water partition coefficient (Wildman–Crippen LogP) is 6.94. The lowest BCUT2D eigenvalue weighted by Crippen LogP contribution is -2.05. The van der Waals surface area contributed by atoms with Crippen molar-refractivity contribution < 1.29 is 4.79 Å². The Labute approximate surface area is 153 Å². The van der Waals surface area contributed by atoms with Gasteiger partial charge in [0.1, 0.15) is 0 Å². The second-order valence-corrected chi connectivity index (χ2v) is 7.23. The van der Waals surface area contributed by atoms with Gasteiger partial charge in [-0.1, -0.05) is 72.8 Å². The first kappa shape index (κ1) is 17.3. The van der Waals surface area contributed by atoms with Crippen molar-refractivity contribution in [3.05, 3.63) is 75.3 Å². The van der Waals surface area contributed by atoms with Gasteiger partial charge in [-0.3, -0.25) is 4.79 Å². The minimum Gasteiger partial charge on any atom is -0.289 e. The third kappa shape index (κ3) is 4.49. The summed E-state index contributed by atoms with van der Waals surface area (Å²) in [4.78, 5) is 12.3. The molecular formula is C21H20Cl2O. The van der Waals surface area contributed by atoms with Crippen molar-refractivity contribution in [2.45, 2.75) is 38.0 Å². The maximum Gasteiger partial charge on any atom is 0.185 e. The van der Waals surface area contributed by atoms with Crippen LogP contribution >= 0.6 is 23.2 Å². The number of hydrogen-bond donors (Lipinski definition) is 0. The highest BCUT2D eigenvalue weighted by Gasteiger charge is 2.15. The second kappa shape index (κ2) is 8.00. The second-order valence-electron chi connectivity index (χ2n) is 6.36. The lowest BCUT2D eigenvalue weighted by Gasteiger charge is -2.21. The van der Waals surface area contributed by atoms with Crippen molar-refractivity contribution in [2.75, 3.05) is 0 Å². The van der Waals surface area contributed by atoms with E-state index >= 15 is 0 Å². The Kier molecular flexibility index (Phi) is 5.76. The molecule has 1 aliphatic carbocycles. The molecule has 2 aromatic rings. The van der Waals surface area contributed by atoms with Gasteiger partial charge in [-0.2, -0.15) is 0 Å². The maximum atomic E-state index is 12.3. The van der Waals surface area contributed by atoms with Crippen molar-refractivity contribution in [3.63, 3.8) is 0 Å². The maximum absolute atomic E-state index is 12.3. The molecule has 0 amide bonds. The summed E-state index contributed by atoms with van der Waals surface area (Å²) in [7, 11) is 0. The van der Waals surface area contributed by atoms with E-state index in [-0.39, 0.29) is 5.78 Å². The van der Waals surface area contributed by atoms with E-state index in [1.807, 2.05) is 12.1 Å². The van der Waals surface area contributed by atoms with Crippen LogP contribution in [0, 0.1) is 0 Å². The third-order valence-electron chi connectivity index (χ3n) is 4.58. The molecule has 0 radical (unpaired) electrons. The zero-order valence-corrected chi connectivity index (χ0v) is 15.0. The van der Waals surface area contributed by atoms with Crippen molar-refractivity contribution in [3.8, 4) is 0 Å². The summed E-state index contributed by atoms with van der Waals surface area (Å²) in [5, 5.41) is 1.12. The Morgan fingerprint density at radius 2 is 1.54 bits per heavy atom. The van der Waals surface area contributed by atoms with E-state index in [4.69, 9.17) is 23.2 Å². The van der Waals surface area contributed by atoms with E-state index in [2.05, 4.69) is 12.1 Å². The van der Waals surface area contributed by atoms with Crippen LogP contribution in [0.5, 0.6) is 0 Å². The summed E-state index contributed by atoms with van der Waals surface area (Å²) < 4.78 is 0. The minimum atomic E-state index is -0.0127. The zero-order chi connectivity index (χ0) is 16.9. The molecule has 1 nitrogen and oxygen atoms in total. The molecule has 0 atom stereocenters. The van der Waals surface area contributed by atoms with Gasteiger partial charge in [-0.05, 0) is 54.2 Å². The van der Waals surface area contributed by atoms with Gasteiger partial charge in [0.25, 0.3) is 0 Å². The Morgan fingerprint density at radius 1 is 0.917 bits per heavy atom. The number of allylic oxidation sites excluding steroid dienone is 1. The Balaban J connectivity index is 1.69.